The van der Waals surface area contributed by atoms with Gasteiger partial charge >= 0.3 is 0 Å². The maximum atomic E-state index is 9.14. The first-order valence-electron chi connectivity index (χ1n) is 4.84. The summed E-state index contributed by atoms with van der Waals surface area (Å²) in [5, 5.41) is 17.0. The first-order valence-corrected chi connectivity index (χ1v) is 4.84. The third kappa shape index (κ3) is 2.11. The molecule has 0 fully saturated rings. The van der Waals surface area contributed by atoms with Gasteiger partial charge in [-0.1, -0.05) is 5.11 Å². The van der Waals surface area contributed by atoms with Gasteiger partial charge < -0.3 is 5.11 Å². The van der Waals surface area contributed by atoms with Crippen molar-refractivity contribution in [3.63, 3.8) is 0 Å². The molecule has 0 bridgehead atoms. The quantitative estimate of drug-likeness (QED) is 0.466. The molecule has 0 aliphatic heterocycles. The van der Waals surface area contributed by atoms with E-state index < -0.39 is 6.04 Å². The topological polar surface area (TPSA) is 86.8 Å². The molecule has 15 heavy (non-hydrogen) atoms. The third-order valence-electron chi connectivity index (χ3n) is 2.43. The lowest BCUT2D eigenvalue weighted by Gasteiger charge is -2.08. The highest BCUT2D eigenvalue weighted by molar-refractivity contribution is 5.28. The molecule has 0 aliphatic rings. The van der Waals surface area contributed by atoms with Crippen LogP contribution < -0.4 is 0 Å². The van der Waals surface area contributed by atoms with Crippen LogP contribution in [0.3, 0.4) is 0 Å². The van der Waals surface area contributed by atoms with Gasteiger partial charge in [-0.15, -0.1) is 0 Å². The minimum atomic E-state index is -0.532. The molecule has 0 spiro atoms. The summed E-state index contributed by atoms with van der Waals surface area (Å²) in [7, 11) is 0. The zero-order chi connectivity index (χ0) is 11.4. The van der Waals surface area contributed by atoms with Gasteiger partial charge in [-0.25, -0.2) is 0 Å². The van der Waals surface area contributed by atoms with Crippen molar-refractivity contribution in [1.29, 1.82) is 0 Å². The molecule has 1 atom stereocenters. The molecule has 1 aromatic rings. The SMILES string of the molecule is CCn1nc(C)c(C(CO)N=[N+]=[N-])c1C. The van der Waals surface area contributed by atoms with Gasteiger partial charge in [-0.2, -0.15) is 5.10 Å². The molecule has 0 radical (unpaired) electrons. The lowest BCUT2D eigenvalue weighted by Crippen LogP contribution is -2.04. The minimum Gasteiger partial charge on any atom is -0.396 e. The van der Waals surface area contributed by atoms with Crippen LogP contribution in [0.5, 0.6) is 0 Å². The van der Waals surface area contributed by atoms with Crippen molar-refractivity contribution in [2.75, 3.05) is 6.61 Å². The standard InChI is InChI=1S/C9H15N5O/c1-4-14-7(3)9(6(2)12-14)8(5-15)11-13-10/h8,15H,4-5H2,1-3H3. The van der Waals surface area contributed by atoms with Gasteiger partial charge in [0, 0.05) is 22.7 Å². The molecular weight excluding hydrogens is 194 g/mol. The van der Waals surface area contributed by atoms with E-state index in [1.807, 2.05) is 25.5 Å². The molecule has 82 valence electrons. The molecule has 1 aromatic heterocycles. The van der Waals surface area contributed by atoms with Crippen LogP contribution in [0.1, 0.15) is 29.9 Å². The number of hydrogen-bond acceptors (Lipinski definition) is 3. The van der Waals surface area contributed by atoms with E-state index in [1.165, 1.54) is 0 Å². The number of nitrogens with zero attached hydrogens (tertiary/aromatic N) is 5. The molecule has 1 N–H and O–H groups in total. The Morgan fingerprint density at radius 2 is 2.27 bits per heavy atom. The predicted molar refractivity (Wildman–Crippen MR) is 56.3 cm³/mol. The van der Waals surface area contributed by atoms with Crippen molar-refractivity contribution in [3.05, 3.63) is 27.4 Å². The summed E-state index contributed by atoms with van der Waals surface area (Å²) < 4.78 is 1.83. The van der Waals surface area contributed by atoms with Crippen LogP contribution in [0.15, 0.2) is 5.11 Å². The first-order chi connectivity index (χ1) is 7.15. The highest BCUT2D eigenvalue weighted by Crippen LogP contribution is 2.24. The van der Waals surface area contributed by atoms with Gasteiger partial charge in [0.1, 0.15) is 0 Å². The van der Waals surface area contributed by atoms with Crippen LogP contribution >= 0.6 is 0 Å². The summed E-state index contributed by atoms with van der Waals surface area (Å²) in [5.74, 6) is 0. The number of aryl methyl sites for hydroxylation is 2. The van der Waals surface area contributed by atoms with Crippen molar-refractivity contribution in [2.24, 2.45) is 5.11 Å². The molecule has 0 aliphatic carbocycles. The van der Waals surface area contributed by atoms with E-state index in [1.54, 1.807) is 0 Å². The van der Waals surface area contributed by atoms with Crippen LogP contribution in [0, 0.1) is 13.8 Å². The van der Waals surface area contributed by atoms with Crippen LogP contribution in [0.4, 0.5) is 0 Å². The Hall–Kier alpha value is -1.52. The predicted octanol–water partition coefficient (Wildman–Crippen LogP) is 1.86. The fraction of sp³-hybridized carbons (Fsp3) is 0.667. The lowest BCUT2D eigenvalue weighted by atomic mass is 10.1. The summed E-state index contributed by atoms with van der Waals surface area (Å²) in [4.78, 5) is 2.73. The Balaban J connectivity index is 3.22. The van der Waals surface area contributed by atoms with Crippen LogP contribution in [0.25, 0.3) is 10.4 Å². The van der Waals surface area contributed by atoms with Crippen molar-refractivity contribution < 1.29 is 5.11 Å². The number of aromatic nitrogens is 2. The second-order valence-corrected chi connectivity index (χ2v) is 3.30. The molecule has 6 heteroatoms. The Morgan fingerprint density at radius 3 is 2.67 bits per heavy atom. The third-order valence-corrected chi connectivity index (χ3v) is 2.43. The van der Waals surface area contributed by atoms with E-state index in [-0.39, 0.29) is 6.61 Å². The largest absolute Gasteiger partial charge is 0.396 e. The summed E-state index contributed by atoms with van der Waals surface area (Å²) in [6, 6.07) is -0.532. The first kappa shape index (κ1) is 11.6. The molecule has 1 unspecified atom stereocenters. The highest BCUT2D eigenvalue weighted by atomic mass is 16.3. The Morgan fingerprint density at radius 1 is 1.60 bits per heavy atom. The van der Waals surface area contributed by atoms with Gasteiger partial charge in [0.25, 0.3) is 0 Å². The summed E-state index contributed by atoms with van der Waals surface area (Å²) in [5.41, 5.74) is 11.0. The van der Waals surface area contributed by atoms with Gasteiger partial charge in [-0.05, 0) is 26.3 Å². The van der Waals surface area contributed by atoms with Crippen molar-refractivity contribution in [2.45, 2.75) is 33.4 Å². The zero-order valence-electron chi connectivity index (χ0n) is 9.17. The molecule has 0 saturated heterocycles. The summed E-state index contributed by atoms with van der Waals surface area (Å²) in [6.45, 7) is 6.32. The van der Waals surface area contributed by atoms with Gasteiger partial charge in [0.05, 0.1) is 18.3 Å². The molecule has 0 saturated carbocycles. The minimum absolute atomic E-state index is 0.193. The van der Waals surface area contributed by atoms with E-state index in [4.69, 9.17) is 10.6 Å². The van der Waals surface area contributed by atoms with Crippen LogP contribution in [0.2, 0.25) is 0 Å². The second-order valence-electron chi connectivity index (χ2n) is 3.30. The number of azide groups is 1. The zero-order valence-corrected chi connectivity index (χ0v) is 9.17. The normalized spacial score (nSPS) is 12.3. The maximum Gasteiger partial charge on any atom is 0.0892 e. The molecule has 0 amide bonds. The maximum absolute atomic E-state index is 9.14. The van der Waals surface area contributed by atoms with Gasteiger partial charge in [0.15, 0.2) is 0 Å². The fourth-order valence-electron chi connectivity index (χ4n) is 1.75. The van der Waals surface area contributed by atoms with Crippen LogP contribution in [-0.2, 0) is 6.54 Å². The average Bonchev–Trinajstić information content (AvgIpc) is 2.51. The average molecular weight is 209 g/mol. The van der Waals surface area contributed by atoms with Crippen molar-refractivity contribution in [1.82, 2.24) is 9.78 Å². The molecule has 0 aromatic carbocycles. The van der Waals surface area contributed by atoms with Gasteiger partial charge in [-0.3, -0.25) is 4.68 Å². The van der Waals surface area contributed by atoms with E-state index >= 15 is 0 Å². The van der Waals surface area contributed by atoms with Crippen LogP contribution in [-0.4, -0.2) is 21.5 Å². The Kier molecular flexibility index (Phi) is 3.71. The summed E-state index contributed by atoms with van der Waals surface area (Å²) in [6.07, 6.45) is 0. The lowest BCUT2D eigenvalue weighted by molar-refractivity contribution is 0.267. The molecule has 1 heterocycles. The van der Waals surface area contributed by atoms with E-state index in [0.29, 0.717) is 0 Å². The summed E-state index contributed by atoms with van der Waals surface area (Å²) >= 11 is 0. The highest BCUT2D eigenvalue weighted by Gasteiger charge is 2.18. The molecule has 6 nitrogen and oxygen atoms in total. The smallest absolute Gasteiger partial charge is 0.0892 e. The van der Waals surface area contributed by atoms with E-state index in [2.05, 4.69) is 15.1 Å². The molecule has 1 rings (SSSR count). The Bertz CT molecular complexity index is 391. The number of aliphatic hydroxyl groups excluding tert-OH is 1. The monoisotopic (exact) mass is 209 g/mol. The van der Waals surface area contributed by atoms with Gasteiger partial charge in [0.2, 0.25) is 0 Å². The number of hydrogen-bond donors (Lipinski definition) is 1. The van der Waals surface area contributed by atoms with Crippen molar-refractivity contribution >= 4 is 0 Å². The fourth-order valence-corrected chi connectivity index (χ4v) is 1.75. The number of rotatable bonds is 4. The Labute approximate surface area is 88.2 Å². The molecular formula is C9H15N5O. The second kappa shape index (κ2) is 4.82. The van der Waals surface area contributed by atoms with Crippen molar-refractivity contribution in [3.8, 4) is 0 Å². The van der Waals surface area contributed by atoms with E-state index in [0.717, 1.165) is 23.5 Å². The van der Waals surface area contributed by atoms with E-state index in [9.17, 15) is 0 Å². The number of aliphatic hydroxyl groups is 1.